The van der Waals surface area contributed by atoms with Crippen molar-refractivity contribution in [1.29, 1.82) is 0 Å². The predicted molar refractivity (Wildman–Crippen MR) is 104 cm³/mol. The van der Waals surface area contributed by atoms with Crippen molar-refractivity contribution in [2.45, 2.75) is 31.7 Å². The summed E-state index contributed by atoms with van der Waals surface area (Å²) >= 11 is 1.95. The summed E-state index contributed by atoms with van der Waals surface area (Å²) in [5, 5.41) is 18.0. The average molecular weight is 490 g/mol. The molecule has 2 atom stereocenters. The number of hydrogen-bond acceptors (Lipinski definition) is 8. The van der Waals surface area contributed by atoms with E-state index in [-0.39, 0.29) is 18.7 Å². The molecular weight excluding hydrogens is 459 g/mol. The van der Waals surface area contributed by atoms with Crippen molar-refractivity contribution in [1.82, 2.24) is 0 Å². The molecule has 0 amide bonds. The van der Waals surface area contributed by atoms with Gasteiger partial charge < -0.3 is 33.9 Å². The smallest absolute Gasteiger partial charge is 0.315 e. The molecule has 0 fully saturated rings. The molecule has 8 nitrogen and oxygen atoms in total. The summed E-state index contributed by atoms with van der Waals surface area (Å²) in [6.45, 7) is 6.27. The second-order valence-corrected chi connectivity index (χ2v) is 6.04. The van der Waals surface area contributed by atoms with Gasteiger partial charge in [0.2, 0.25) is 0 Å². The summed E-state index contributed by atoms with van der Waals surface area (Å²) in [5.74, 6) is -0.228. The van der Waals surface area contributed by atoms with Crippen molar-refractivity contribution in [3.63, 3.8) is 0 Å². The molecule has 0 rings (SSSR count). The molecule has 0 radical (unpaired) electrons. The summed E-state index contributed by atoms with van der Waals surface area (Å²) in [5.41, 5.74) is 0. The molecule has 154 valence electrons. The van der Waals surface area contributed by atoms with Crippen LogP contribution in [0, 0.1) is 0 Å². The van der Waals surface area contributed by atoms with E-state index in [1.807, 2.05) is 22.6 Å². The summed E-state index contributed by atoms with van der Waals surface area (Å²) in [7, 11) is 0. The van der Waals surface area contributed by atoms with E-state index in [9.17, 15) is 4.79 Å². The molecule has 0 aromatic rings. The first kappa shape index (κ1) is 25.7. The van der Waals surface area contributed by atoms with Crippen LogP contribution in [-0.2, 0) is 28.5 Å². The largest absolute Gasteiger partial charge is 0.465 e. The number of aliphatic hydroxyl groups excluding tert-OH is 2. The first-order chi connectivity index (χ1) is 12.6. The van der Waals surface area contributed by atoms with Gasteiger partial charge >= 0.3 is 5.97 Å². The maximum atomic E-state index is 11.0. The van der Waals surface area contributed by atoms with Crippen LogP contribution in [0.15, 0.2) is 12.7 Å². The van der Waals surface area contributed by atoms with Crippen molar-refractivity contribution in [2.24, 2.45) is 0 Å². The van der Waals surface area contributed by atoms with E-state index in [1.54, 1.807) is 0 Å². The van der Waals surface area contributed by atoms with E-state index in [2.05, 4.69) is 6.58 Å². The SMILES string of the molecule is C=C[C@@H](O)OCCCOCC(COCCCOC(=O)CI)OCCCO. The summed E-state index contributed by atoms with van der Waals surface area (Å²) in [4.78, 5) is 11.0. The Hall–Kier alpha value is -0.300. The first-order valence-corrected chi connectivity index (χ1v) is 10.2. The summed E-state index contributed by atoms with van der Waals surface area (Å²) < 4.78 is 27.0. The lowest BCUT2D eigenvalue weighted by molar-refractivity contribution is -0.140. The topological polar surface area (TPSA) is 104 Å². The van der Waals surface area contributed by atoms with Gasteiger partial charge in [-0.15, -0.1) is 0 Å². The number of alkyl halides is 1. The van der Waals surface area contributed by atoms with Crippen LogP contribution in [0.4, 0.5) is 0 Å². The maximum Gasteiger partial charge on any atom is 0.315 e. The van der Waals surface area contributed by atoms with Crippen LogP contribution in [0.5, 0.6) is 0 Å². The molecule has 1 unspecified atom stereocenters. The summed E-state index contributed by atoms with van der Waals surface area (Å²) in [6, 6.07) is 0. The third-order valence-electron chi connectivity index (χ3n) is 2.99. The zero-order chi connectivity index (χ0) is 19.5. The number of ether oxygens (including phenoxy) is 5. The van der Waals surface area contributed by atoms with Crippen molar-refractivity contribution >= 4 is 28.6 Å². The Bertz CT molecular complexity index is 343. The lowest BCUT2D eigenvalue weighted by Gasteiger charge is -2.18. The van der Waals surface area contributed by atoms with Gasteiger partial charge in [-0.2, -0.15) is 0 Å². The number of carbonyl (C=O) groups excluding carboxylic acids is 1. The quantitative estimate of drug-likeness (QED) is 0.0693. The number of carbonyl (C=O) groups is 1. The minimum absolute atomic E-state index is 0.0690. The van der Waals surface area contributed by atoms with Crippen LogP contribution in [0.1, 0.15) is 19.3 Å². The molecule has 0 aliphatic heterocycles. The second-order valence-electron chi connectivity index (χ2n) is 5.28. The minimum atomic E-state index is -0.950. The third kappa shape index (κ3) is 17.1. The maximum absolute atomic E-state index is 11.0. The van der Waals surface area contributed by atoms with Crippen LogP contribution in [-0.4, -0.2) is 85.9 Å². The van der Waals surface area contributed by atoms with E-state index in [0.29, 0.717) is 69.9 Å². The molecule has 0 aromatic carbocycles. The number of esters is 1. The minimum Gasteiger partial charge on any atom is -0.465 e. The van der Waals surface area contributed by atoms with Crippen LogP contribution >= 0.6 is 22.6 Å². The molecular formula is C17H31IO8. The van der Waals surface area contributed by atoms with Crippen LogP contribution < -0.4 is 0 Å². The molecule has 26 heavy (non-hydrogen) atoms. The zero-order valence-corrected chi connectivity index (χ0v) is 17.3. The highest BCUT2D eigenvalue weighted by atomic mass is 127. The first-order valence-electron chi connectivity index (χ1n) is 8.65. The van der Waals surface area contributed by atoms with E-state index < -0.39 is 6.29 Å². The molecule has 0 bridgehead atoms. The van der Waals surface area contributed by atoms with E-state index in [4.69, 9.17) is 33.9 Å². The average Bonchev–Trinajstić information content (AvgIpc) is 2.66. The second kappa shape index (κ2) is 19.5. The van der Waals surface area contributed by atoms with Gasteiger partial charge in [-0.05, 0) is 18.9 Å². The van der Waals surface area contributed by atoms with Crippen molar-refractivity contribution in [3.8, 4) is 0 Å². The molecule has 0 saturated heterocycles. The fourth-order valence-corrected chi connectivity index (χ4v) is 1.93. The van der Waals surface area contributed by atoms with Crippen LogP contribution in [0.2, 0.25) is 0 Å². The Morgan fingerprint density at radius 1 is 1.00 bits per heavy atom. The van der Waals surface area contributed by atoms with Gasteiger partial charge in [0.25, 0.3) is 0 Å². The van der Waals surface area contributed by atoms with E-state index >= 15 is 0 Å². The Morgan fingerprint density at radius 2 is 1.62 bits per heavy atom. The lowest BCUT2D eigenvalue weighted by atomic mass is 10.4. The molecule has 2 N–H and O–H groups in total. The predicted octanol–water partition coefficient (Wildman–Crippen LogP) is 1.07. The Balaban J connectivity index is 3.79. The van der Waals surface area contributed by atoms with E-state index in [0.717, 1.165) is 0 Å². The normalized spacial score (nSPS) is 13.3. The molecule has 9 heteroatoms. The fraction of sp³-hybridized carbons (Fsp3) is 0.824. The van der Waals surface area contributed by atoms with Gasteiger partial charge in [0.15, 0.2) is 6.29 Å². The Kier molecular flexibility index (Phi) is 19.2. The number of halogens is 1. The van der Waals surface area contributed by atoms with Crippen molar-refractivity contribution in [2.75, 3.05) is 57.3 Å². The highest BCUT2D eigenvalue weighted by Gasteiger charge is 2.10. The molecule has 0 aliphatic carbocycles. The fourth-order valence-electron chi connectivity index (χ4n) is 1.71. The molecule has 0 saturated carbocycles. The van der Waals surface area contributed by atoms with Gasteiger partial charge in [0, 0.05) is 32.8 Å². The van der Waals surface area contributed by atoms with Gasteiger partial charge in [-0.25, -0.2) is 0 Å². The Labute approximate surface area is 168 Å². The van der Waals surface area contributed by atoms with Gasteiger partial charge in [-0.3, -0.25) is 4.79 Å². The number of rotatable bonds is 19. The number of hydrogen-bond donors (Lipinski definition) is 2. The molecule has 0 aliphatic rings. The van der Waals surface area contributed by atoms with Crippen LogP contribution in [0.25, 0.3) is 0 Å². The van der Waals surface area contributed by atoms with E-state index in [1.165, 1.54) is 6.08 Å². The summed E-state index contributed by atoms with van der Waals surface area (Å²) in [6.07, 6.45) is 1.93. The lowest BCUT2D eigenvalue weighted by Crippen LogP contribution is -2.27. The van der Waals surface area contributed by atoms with Gasteiger partial charge in [0.1, 0.15) is 6.10 Å². The highest BCUT2D eigenvalue weighted by molar-refractivity contribution is 14.1. The zero-order valence-electron chi connectivity index (χ0n) is 15.1. The van der Waals surface area contributed by atoms with Crippen molar-refractivity contribution < 1.29 is 38.7 Å². The van der Waals surface area contributed by atoms with Crippen LogP contribution in [0.3, 0.4) is 0 Å². The molecule has 0 aromatic heterocycles. The Morgan fingerprint density at radius 3 is 2.19 bits per heavy atom. The monoisotopic (exact) mass is 490 g/mol. The third-order valence-corrected chi connectivity index (χ3v) is 3.61. The van der Waals surface area contributed by atoms with Gasteiger partial charge in [0.05, 0.1) is 30.9 Å². The van der Waals surface area contributed by atoms with Gasteiger partial charge in [-0.1, -0.05) is 29.2 Å². The molecule has 0 heterocycles. The standard InChI is InChI=1S/C17H31IO8/c1-2-16(20)25-10-4-7-22-13-15(24-9-3-6-19)14-23-8-5-11-26-17(21)12-18/h2,15-16,19-20H,1,3-14H2/t15?,16-/m0/s1. The van der Waals surface area contributed by atoms with Crippen molar-refractivity contribution in [3.05, 3.63) is 12.7 Å². The number of aliphatic hydroxyl groups is 2. The molecule has 0 spiro atoms. The highest BCUT2D eigenvalue weighted by Crippen LogP contribution is 2.00.